The highest BCUT2D eigenvalue weighted by Gasteiger charge is 2.13. The van der Waals surface area contributed by atoms with Crippen LogP contribution < -0.4 is 5.32 Å². The minimum Gasteiger partial charge on any atom is -0.504 e. The van der Waals surface area contributed by atoms with Crippen molar-refractivity contribution >= 4 is 17.5 Å². The molecule has 0 fully saturated rings. The van der Waals surface area contributed by atoms with Crippen molar-refractivity contribution in [3.63, 3.8) is 0 Å². The maximum Gasteiger partial charge on any atom is 0.255 e. The highest BCUT2D eigenvalue weighted by molar-refractivity contribution is 6.30. The summed E-state index contributed by atoms with van der Waals surface area (Å²) in [4.78, 5) is 11.8. The van der Waals surface area contributed by atoms with E-state index in [2.05, 4.69) is 5.32 Å². The molecule has 0 aliphatic rings. The summed E-state index contributed by atoms with van der Waals surface area (Å²) in [6, 6.07) is 11.3. The molecule has 3 N–H and O–H groups in total. The number of benzene rings is 2. The standard InChI is InChI=1S/C14H12ClNO3/c15-10-6-4-9(5-7-10)8-16-14(19)11-2-1-3-12(17)13(11)18/h1-7,17-18H,8H2,(H,16,19). The highest BCUT2D eigenvalue weighted by Crippen LogP contribution is 2.27. The zero-order valence-electron chi connectivity index (χ0n) is 9.93. The first kappa shape index (κ1) is 13.2. The molecular formula is C14H12ClNO3. The normalized spacial score (nSPS) is 10.2. The third-order valence-electron chi connectivity index (χ3n) is 2.63. The molecule has 0 spiro atoms. The monoisotopic (exact) mass is 277 g/mol. The fourth-order valence-electron chi connectivity index (χ4n) is 1.59. The molecule has 19 heavy (non-hydrogen) atoms. The lowest BCUT2D eigenvalue weighted by atomic mass is 10.1. The summed E-state index contributed by atoms with van der Waals surface area (Å²) in [6.07, 6.45) is 0. The fraction of sp³-hybridized carbons (Fsp3) is 0.0714. The predicted molar refractivity (Wildman–Crippen MR) is 72.4 cm³/mol. The Labute approximate surface area is 115 Å². The molecule has 2 rings (SSSR count). The van der Waals surface area contributed by atoms with Crippen LogP contribution in [0.25, 0.3) is 0 Å². The Morgan fingerprint density at radius 2 is 1.79 bits per heavy atom. The van der Waals surface area contributed by atoms with Crippen LogP contribution in [0.5, 0.6) is 11.5 Å². The van der Waals surface area contributed by atoms with Crippen LogP contribution in [0.3, 0.4) is 0 Å². The van der Waals surface area contributed by atoms with Gasteiger partial charge in [0.05, 0.1) is 5.56 Å². The fourth-order valence-corrected chi connectivity index (χ4v) is 1.72. The van der Waals surface area contributed by atoms with E-state index in [4.69, 9.17) is 11.6 Å². The van der Waals surface area contributed by atoms with Gasteiger partial charge in [-0.3, -0.25) is 4.79 Å². The van der Waals surface area contributed by atoms with Crippen LogP contribution in [0.1, 0.15) is 15.9 Å². The van der Waals surface area contributed by atoms with Crippen LogP contribution in [0.15, 0.2) is 42.5 Å². The van der Waals surface area contributed by atoms with Crippen LogP contribution in [-0.4, -0.2) is 16.1 Å². The van der Waals surface area contributed by atoms with Crippen molar-refractivity contribution in [3.8, 4) is 11.5 Å². The minimum absolute atomic E-state index is 0.0361. The molecule has 0 aliphatic carbocycles. The van der Waals surface area contributed by atoms with Crippen LogP contribution >= 0.6 is 11.6 Å². The summed E-state index contributed by atoms with van der Waals surface area (Å²) in [5, 5.41) is 22.2. The summed E-state index contributed by atoms with van der Waals surface area (Å²) < 4.78 is 0. The molecule has 2 aromatic carbocycles. The van der Waals surface area contributed by atoms with E-state index >= 15 is 0 Å². The van der Waals surface area contributed by atoms with Gasteiger partial charge in [0.15, 0.2) is 11.5 Å². The van der Waals surface area contributed by atoms with Crippen LogP contribution in [0, 0.1) is 0 Å². The Bertz CT molecular complexity index is 596. The summed E-state index contributed by atoms with van der Waals surface area (Å²) >= 11 is 5.76. The molecule has 98 valence electrons. The number of hydrogen-bond acceptors (Lipinski definition) is 3. The Balaban J connectivity index is 2.05. The Morgan fingerprint density at radius 1 is 1.11 bits per heavy atom. The van der Waals surface area contributed by atoms with E-state index in [0.717, 1.165) is 5.56 Å². The number of nitrogens with one attached hydrogen (secondary N) is 1. The lowest BCUT2D eigenvalue weighted by Gasteiger charge is -2.07. The lowest BCUT2D eigenvalue weighted by molar-refractivity contribution is 0.0947. The van der Waals surface area contributed by atoms with Gasteiger partial charge in [-0.25, -0.2) is 0 Å². The number of para-hydroxylation sites is 1. The third-order valence-corrected chi connectivity index (χ3v) is 2.88. The van der Waals surface area contributed by atoms with Crippen molar-refractivity contribution in [2.75, 3.05) is 0 Å². The quantitative estimate of drug-likeness (QED) is 0.756. The van der Waals surface area contributed by atoms with Gasteiger partial charge in [-0.2, -0.15) is 0 Å². The van der Waals surface area contributed by atoms with Gasteiger partial charge >= 0.3 is 0 Å². The van der Waals surface area contributed by atoms with Gasteiger partial charge in [0.2, 0.25) is 0 Å². The van der Waals surface area contributed by atoms with Gasteiger partial charge in [-0.1, -0.05) is 29.8 Å². The molecule has 5 heteroatoms. The smallest absolute Gasteiger partial charge is 0.255 e. The number of aromatic hydroxyl groups is 2. The predicted octanol–water partition coefficient (Wildman–Crippen LogP) is 2.68. The van der Waals surface area contributed by atoms with Crippen LogP contribution in [-0.2, 0) is 6.54 Å². The second kappa shape index (κ2) is 5.63. The van der Waals surface area contributed by atoms with E-state index in [1.807, 2.05) is 0 Å². The second-order valence-corrected chi connectivity index (χ2v) is 4.42. The molecule has 1 amide bonds. The number of phenols is 2. The summed E-state index contributed by atoms with van der Waals surface area (Å²) in [5.74, 6) is -1.20. The van der Waals surface area contributed by atoms with Crippen molar-refractivity contribution in [3.05, 3.63) is 58.6 Å². The van der Waals surface area contributed by atoms with E-state index in [9.17, 15) is 15.0 Å². The molecule has 0 saturated heterocycles. The number of rotatable bonds is 3. The van der Waals surface area contributed by atoms with Gasteiger partial charge in [0, 0.05) is 11.6 Å². The van der Waals surface area contributed by atoms with Crippen molar-refractivity contribution in [1.29, 1.82) is 0 Å². The Kier molecular flexibility index (Phi) is 3.92. The zero-order chi connectivity index (χ0) is 13.8. The number of phenolic OH excluding ortho intramolecular Hbond substituents is 2. The average molecular weight is 278 g/mol. The first-order valence-electron chi connectivity index (χ1n) is 5.61. The van der Waals surface area contributed by atoms with Gasteiger partial charge in [-0.15, -0.1) is 0 Å². The van der Waals surface area contributed by atoms with E-state index in [1.54, 1.807) is 24.3 Å². The Hall–Kier alpha value is -2.20. The molecule has 0 radical (unpaired) electrons. The van der Waals surface area contributed by atoms with Crippen molar-refractivity contribution < 1.29 is 15.0 Å². The summed E-state index contributed by atoms with van der Waals surface area (Å²) in [6.45, 7) is 0.311. The van der Waals surface area contributed by atoms with Crippen LogP contribution in [0.2, 0.25) is 5.02 Å². The van der Waals surface area contributed by atoms with E-state index in [-0.39, 0.29) is 11.3 Å². The zero-order valence-corrected chi connectivity index (χ0v) is 10.7. The topological polar surface area (TPSA) is 69.6 Å². The average Bonchev–Trinajstić information content (AvgIpc) is 2.41. The molecule has 0 saturated carbocycles. The molecule has 4 nitrogen and oxygen atoms in total. The number of amides is 1. The summed E-state index contributed by atoms with van der Waals surface area (Å²) in [5.41, 5.74) is 0.923. The Morgan fingerprint density at radius 3 is 2.47 bits per heavy atom. The van der Waals surface area contributed by atoms with E-state index < -0.39 is 11.7 Å². The number of carbonyl (C=O) groups excluding carboxylic acids is 1. The van der Waals surface area contributed by atoms with Gasteiger partial charge in [-0.05, 0) is 29.8 Å². The number of halogens is 1. The van der Waals surface area contributed by atoms with Crippen LogP contribution in [0.4, 0.5) is 0 Å². The van der Waals surface area contributed by atoms with Gasteiger partial charge in [0.1, 0.15) is 0 Å². The van der Waals surface area contributed by atoms with Crippen molar-refractivity contribution in [2.45, 2.75) is 6.54 Å². The largest absolute Gasteiger partial charge is 0.504 e. The SMILES string of the molecule is O=C(NCc1ccc(Cl)cc1)c1cccc(O)c1O. The first-order chi connectivity index (χ1) is 9.08. The minimum atomic E-state index is -0.455. The second-order valence-electron chi connectivity index (χ2n) is 3.98. The molecular weight excluding hydrogens is 266 g/mol. The van der Waals surface area contributed by atoms with Gasteiger partial charge in [0.25, 0.3) is 5.91 Å². The molecule has 0 bridgehead atoms. The van der Waals surface area contributed by atoms with Crippen molar-refractivity contribution in [1.82, 2.24) is 5.32 Å². The molecule has 0 atom stereocenters. The van der Waals surface area contributed by atoms with Crippen molar-refractivity contribution in [2.24, 2.45) is 0 Å². The molecule has 0 unspecified atom stereocenters. The maximum atomic E-state index is 11.8. The lowest BCUT2D eigenvalue weighted by Crippen LogP contribution is -2.22. The molecule has 0 heterocycles. The molecule has 0 aliphatic heterocycles. The van der Waals surface area contributed by atoms with Gasteiger partial charge < -0.3 is 15.5 Å². The third kappa shape index (κ3) is 3.17. The first-order valence-corrected chi connectivity index (χ1v) is 5.99. The number of hydrogen-bond donors (Lipinski definition) is 3. The molecule has 2 aromatic rings. The van der Waals surface area contributed by atoms with E-state index in [1.165, 1.54) is 18.2 Å². The highest BCUT2D eigenvalue weighted by atomic mass is 35.5. The summed E-state index contributed by atoms with van der Waals surface area (Å²) in [7, 11) is 0. The number of carbonyl (C=O) groups is 1. The maximum absolute atomic E-state index is 11.8. The van der Waals surface area contributed by atoms with E-state index in [0.29, 0.717) is 11.6 Å². The molecule has 0 aromatic heterocycles.